The van der Waals surface area contributed by atoms with E-state index in [4.69, 9.17) is 14.4 Å². The summed E-state index contributed by atoms with van der Waals surface area (Å²) in [5.41, 5.74) is -0.562. The molecule has 1 aromatic heterocycles. The molecule has 0 fully saturated rings. The minimum atomic E-state index is -1.32. The van der Waals surface area contributed by atoms with Crippen LogP contribution in [-0.2, 0) is 0 Å². The molecule has 10 heteroatoms. The number of aromatic carboxylic acids is 1. The maximum absolute atomic E-state index is 10.9. The van der Waals surface area contributed by atoms with Gasteiger partial charge >= 0.3 is 5.97 Å². The molecule has 10 nitrogen and oxygen atoms in total. The molecule has 0 saturated carbocycles. The summed E-state index contributed by atoms with van der Waals surface area (Å²) < 4.78 is 10.5. The number of hydrogen-bond acceptors (Lipinski definition) is 8. The Balaban J connectivity index is 0.00000136. The Kier molecular flexibility index (Phi) is 7.71. The van der Waals surface area contributed by atoms with Gasteiger partial charge in [0.05, 0.1) is 4.92 Å². The van der Waals surface area contributed by atoms with Gasteiger partial charge in [0.15, 0.2) is 11.5 Å². The number of ether oxygens (including phenoxy) is 1. The zero-order valence-electron chi connectivity index (χ0n) is 14.8. The van der Waals surface area contributed by atoms with E-state index in [0.29, 0.717) is 0 Å². The summed E-state index contributed by atoms with van der Waals surface area (Å²) in [4.78, 5) is 21.1. The lowest BCUT2D eigenvalue weighted by Gasteiger charge is -2.11. The smallest absolute Gasteiger partial charge is 0.358 e. The predicted octanol–water partition coefficient (Wildman–Crippen LogP) is 4.81. The number of nitro groups is 1. The Labute approximate surface area is 165 Å². The fraction of sp³-hybridized carbons (Fsp3) is 0.158. The first-order valence-electron chi connectivity index (χ1n) is 8.04. The number of non-ortho nitro benzene ring substituents is 1. The summed E-state index contributed by atoms with van der Waals surface area (Å²) in [5, 5.41) is 42.8. The van der Waals surface area contributed by atoms with E-state index < -0.39 is 16.6 Å². The minimum Gasteiger partial charge on any atom is -0.508 e. The van der Waals surface area contributed by atoms with Crippen LogP contribution in [0.4, 0.5) is 5.69 Å². The summed E-state index contributed by atoms with van der Waals surface area (Å²) in [7, 11) is 0. The highest BCUT2D eigenvalue weighted by atomic mass is 16.6. The van der Waals surface area contributed by atoms with Crippen molar-refractivity contribution in [1.29, 1.82) is 0 Å². The molecule has 0 bridgehead atoms. The second-order valence-electron chi connectivity index (χ2n) is 5.07. The van der Waals surface area contributed by atoms with Crippen LogP contribution < -0.4 is 4.74 Å². The van der Waals surface area contributed by atoms with E-state index in [2.05, 4.69) is 5.16 Å². The van der Waals surface area contributed by atoms with Crippen LogP contribution in [0.3, 0.4) is 0 Å². The van der Waals surface area contributed by atoms with Crippen molar-refractivity contribution in [2.75, 3.05) is 0 Å². The Hall–Kier alpha value is -4.08. The molecular weight excluding hydrogens is 384 g/mol. The van der Waals surface area contributed by atoms with E-state index in [0.717, 1.165) is 12.1 Å². The monoisotopic (exact) mass is 404 g/mol. The van der Waals surface area contributed by atoms with Crippen LogP contribution in [0, 0.1) is 10.1 Å². The molecule has 3 aromatic rings. The van der Waals surface area contributed by atoms with E-state index >= 15 is 0 Å². The number of phenolic OH excluding ortho intramolecular Hbond substituents is 2. The summed E-state index contributed by atoms with van der Waals surface area (Å²) >= 11 is 0. The average Bonchev–Trinajstić information content (AvgIpc) is 3.13. The van der Waals surface area contributed by atoms with Gasteiger partial charge in [-0.1, -0.05) is 26.4 Å². The largest absolute Gasteiger partial charge is 0.508 e. The Morgan fingerprint density at radius 1 is 1.14 bits per heavy atom. The molecule has 0 atom stereocenters. The zero-order valence-corrected chi connectivity index (χ0v) is 14.8. The molecule has 0 unspecified atom stereocenters. The van der Waals surface area contributed by atoms with Gasteiger partial charge in [-0.15, -0.1) is 0 Å². The lowest BCUT2D eigenvalue weighted by molar-refractivity contribution is -0.384. The zero-order chi connectivity index (χ0) is 20.8. The van der Waals surface area contributed by atoms with Gasteiger partial charge in [0.25, 0.3) is 5.69 Å². The molecule has 29 heavy (non-hydrogen) atoms. The van der Waals surface area contributed by atoms with Crippen molar-refractivity contribution in [3.05, 3.63) is 58.3 Å². The number of aromatic hydroxyl groups is 2. The molecule has 0 amide bonds. The van der Waals surface area contributed by atoms with Crippen LogP contribution in [0.25, 0.3) is 11.3 Å². The van der Waals surface area contributed by atoms with Crippen LogP contribution in [0.1, 0.15) is 31.8 Å². The molecule has 3 N–H and O–H groups in total. The predicted molar refractivity (Wildman–Crippen MR) is 103 cm³/mol. The highest BCUT2D eigenvalue weighted by molar-refractivity contribution is 5.87. The van der Waals surface area contributed by atoms with E-state index in [1.165, 1.54) is 30.3 Å². The summed E-state index contributed by atoms with van der Waals surface area (Å²) in [6.07, 6.45) is 0. The number of phenols is 2. The Bertz CT molecular complexity index is 996. The van der Waals surface area contributed by atoms with Gasteiger partial charge in [0.1, 0.15) is 28.6 Å². The summed E-state index contributed by atoms with van der Waals surface area (Å²) in [6.45, 7) is 4.00. The molecule has 3 rings (SSSR count). The number of carbonyl (C=O) groups is 1. The third kappa shape index (κ3) is 5.22. The number of hydrogen-bond donors (Lipinski definition) is 3. The number of benzene rings is 2. The van der Waals surface area contributed by atoms with E-state index in [9.17, 15) is 25.1 Å². The van der Waals surface area contributed by atoms with Crippen LogP contribution in [-0.4, -0.2) is 31.4 Å². The summed E-state index contributed by atoms with van der Waals surface area (Å²) in [6, 6.07) is 8.35. The number of carboxylic acids is 1. The molecule has 0 aliphatic carbocycles. The standard InChI is InChI=1S/C16H10N2O8.C2H6.CH4/c19-9-5-12(20)15(14-7-11(16(21)22)17-26-14)13(6-9)25-10-3-1-8(2-4-10)18(23)24;1-2;/h1-7,19-20H,(H,21,22);1-2H3;1H4. The first-order valence-corrected chi connectivity index (χ1v) is 8.04. The van der Waals surface area contributed by atoms with Crippen LogP contribution >= 0.6 is 0 Å². The highest BCUT2D eigenvalue weighted by Gasteiger charge is 2.21. The molecule has 0 aliphatic rings. The normalized spacial score (nSPS) is 9.59. The molecule has 154 valence electrons. The van der Waals surface area contributed by atoms with Crippen molar-refractivity contribution in [2.45, 2.75) is 21.3 Å². The first kappa shape index (κ1) is 23.0. The molecule has 0 spiro atoms. The third-order valence-corrected chi connectivity index (χ3v) is 3.32. The van der Waals surface area contributed by atoms with Crippen LogP contribution in [0.2, 0.25) is 0 Å². The second-order valence-corrected chi connectivity index (χ2v) is 5.07. The second kappa shape index (κ2) is 9.74. The third-order valence-electron chi connectivity index (χ3n) is 3.32. The number of nitrogens with zero attached hydrogens (tertiary/aromatic N) is 2. The maximum Gasteiger partial charge on any atom is 0.358 e. The molecule has 1 heterocycles. The van der Waals surface area contributed by atoms with Crippen molar-refractivity contribution in [1.82, 2.24) is 5.16 Å². The van der Waals surface area contributed by atoms with Gasteiger partial charge < -0.3 is 24.6 Å². The SMILES string of the molecule is C.CC.O=C(O)c1cc(-c2c(O)cc(O)cc2Oc2ccc([N+](=O)[O-])cc2)on1. The van der Waals surface area contributed by atoms with Crippen LogP contribution in [0.15, 0.2) is 47.0 Å². The maximum atomic E-state index is 10.9. The van der Waals surface area contributed by atoms with Crippen molar-refractivity contribution in [2.24, 2.45) is 0 Å². The Morgan fingerprint density at radius 3 is 2.28 bits per heavy atom. The molecule has 0 radical (unpaired) electrons. The van der Waals surface area contributed by atoms with Gasteiger partial charge in [0.2, 0.25) is 0 Å². The highest BCUT2D eigenvalue weighted by Crippen LogP contribution is 2.43. The topological polar surface area (TPSA) is 156 Å². The van der Waals surface area contributed by atoms with Gasteiger partial charge in [-0.05, 0) is 12.1 Å². The van der Waals surface area contributed by atoms with Gasteiger partial charge in [-0.25, -0.2) is 4.79 Å². The molecule has 2 aromatic carbocycles. The quantitative estimate of drug-likeness (QED) is 0.401. The van der Waals surface area contributed by atoms with E-state index in [1.807, 2.05) is 13.8 Å². The van der Waals surface area contributed by atoms with Crippen molar-refractivity contribution < 1.29 is 34.3 Å². The summed E-state index contributed by atoms with van der Waals surface area (Å²) in [5.74, 6) is -2.06. The number of aromatic nitrogens is 1. The first-order chi connectivity index (χ1) is 13.3. The van der Waals surface area contributed by atoms with Gasteiger partial charge in [-0.2, -0.15) is 0 Å². The average molecular weight is 404 g/mol. The van der Waals surface area contributed by atoms with E-state index in [-0.39, 0.29) is 47.4 Å². The molecule has 0 aliphatic heterocycles. The van der Waals surface area contributed by atoms with Crippen molar-refractivity contribution >= 4 is 11.7 Å². The number of nitro benzene ring substituents is 1. The van der Waals surface area contributed by atoms with Crippen molar-refractivity contribution in [3.8, 4) is 34.3 Å². The van der Waals surface area contributed by atoms with E-state index in [1.54, 1.807) is 0 Å². The fourth-order valence-electron chi connectivity index (χ4n) is 2.17. The van der Waals surface area contributed by atoms with Gasteiger partial charge in [0, 0.05) is 30.3 Å². The lowest BCUT2D eigenvalue weighted by atomic mass is 10.1. The number of rotatable bonds is 5. The number of carboxylic acid groups (broad SMARTS) is 1. The fourth-order valence-corrected chi connectivity index (χ4v) is 2.17. The van der Waals surface area contributed by atoms with Crippen LogP contribution in [0.5, 0.6) is 23.0 Å². The van der Waals surface area contributed by atoms with Crippen molar-refractivity contribution in [3.63, 3.8) is 0 Å². The Morgan fingerprint density at radius 2 is 1.76 bits per heavy atom. The minimum absolute atomic E-state index is 0. The molecular formula is C19H20N2O8. The van der Waals surface area contributed by atoms with Gasteiger partial charge in [-0.3, -0.25) is 10.1 Å². The molecule has 0 saturated heterocycles. The lowest BCUT2D eigenvalue weighted by Crippen LogP contribution is -1.94.